The molecule has 24 heavy (non-hydrogen) atoms. The highest BCUT2D eigenvalue weighted by atomic mass is 16.6. The second-order valence-corrected chi connectivity index (χ2v) is 5.52. The molecule has 0 aliphatic rings. The summed E-state index contributed by atoms with van der Waals surface area (Å²) in [5.74, 6) is -0.218. The Labute approximate surface area is 138 Å². The van der Waals surface area contributed by atoms with E-state index in [9.17, 15) is 14.9 Å². The molecule has 0 spiro atoms. The fourth-order valence-electron chi connectivity index (χ4n) is 2.75. The van der Waals surface area contributed by atoms with Crippen LogP contribution in [0.25, 0.3) is 10.9 Å². The first-order valence-electron chi connectivity index (χ1n) is 7.69. The number of hydrogen-bond donors (Lipinski definition) is 2. The molecule has 122 valence electrons. The number of nitrogens with one attached hydrogen (secondary N) is 2. The molecule has 0 saturated heterocycles. The zero-order chi connectivity index (χ0) is 16.9. The number of amides is 1. The summed E-state index contributed by atoms with van der Waals surface area (Å²) in [6.07, 6.45) is 2.65. The third-order valence-corrected chi connectivity index (χ3v) is 3.93. The van der Waals surface area contributed by atoms with E-state index in [2.05, 4.69) is 10.3 Å². The smallest absolute Gasteiger partial charge is 0.273 e. The van der Waals surface area contributed by atoms with Crippen molar-refractivity contribution in [2.24, 2.45) is 0 Å². The minimum atomic E-state index is -0.464. The molecule has 1 heterocycles. The summed E-state index contributed by atoms with van der Waals surface area (Å²) in [4.78, 5) is 25.7. The van der Waals surface area contributed by atoms with Gasteiger partial charge in [-0.25, -0.2) is 0 Å². The van der Waals surface area contributed by atoms with E-state index in [4.69, 9.17) is 0 Å². The van der Waals surface area contributed by atoms with Gasteiger partial charge in [-0.05, 0) is 18.1 Å². The maximum absolute atomic E-state index is 12.0. The predicted molar refractivity (Wildman–Crippen MR) is 91.8 cm³/mol. The number of nitrogens with zero attached hydrogens (tertiary/aromatic N) is 1. The van der Waals surface area contributed by atoms with Crippen molar-refractivity contribution in [2.75, 3.05) is 6.54 Å². The van der Waals surface area contributed by atoms with Crippen LogP contribution in [-0.2, 0) is 17.6 Å². The lowest BCUT2D eigenvalue weighted by atomic mass is 10.1. The largest absolute Gasteiger partial charge is 0.361 e. The van der Waals surface area contributed by atoms with Gasteiger partial charge in [0.2, 0.25) is 5.91 Å². The topological polar surface area (TPSA) is 88.0 Å². The number of aromatic nitrogens is 1. The number of nitro groups is 1. The van der Waals surface area contributed by atoms with Gasteiger partial charge >= 0.3 is 0 Å². The fraction of sp³-hybridized carbons (Fsp3) is 0.167. The molecular weight excluding hydrogens is 306 g/mol. The van der Waals surface area contributed by atoms with Gasteiger partial charge in [0.25, 0.3) is 5.69 Å². The second-order valence-electron chi connectivity index (χ2n) is 5.52. The lowest BCUT2D eigenvalue weighted by molar-refractivity contribution is -0.385. The van der Waals surface area contributed by atoms with E-state index < -0.39 is 4.92 Å². The van der Waals surface area contributed by atoms with Gasteiger partial charge in [0.05, 0.1) is 11.3 Å². The predicted octanol–water partition coefficient (Wildman–Crippen LogP) is 2.98. The van der Waals surface area contributed by atoms with Crippen LogP contribution in [0.1, 0.15) is 11.1 Å². The van der Waals surface area contributed by atoms with E-state index in [1.165, 1.54) is 6.07 Å². The summed E-state index contributed by atoms with van der Waals surface area (Å²) in [5.41, 5.74) is 2.60. The molecule has 0 bridgehead atoms. The molecule has 0 fully saturated rings. The van der Waals surface area contributed by atoms with Crippen LogP contribution >= 0.6 is 0 Å². The van der Waals surface area contributed by atoms with Gasteiger partial charge in [0, 0.05) is 35.3 Å². The van der Waals surface area contributed by atoms with Gasteiger partial charge in [0.15, 0.2) is 0 Å². The highest BCUT2D eigenvalue weighted by Crippen LogP contribution is 2.19. The summed E-state index contributed by atoms with van der Waals surface area (Å²) < 4.78 is 0. The maximum Gasteiger partial charge on any atom is 0.273 e. The van der Waals surface area contributed by atoms with Gasteiger partial charge < -0.3 is 10.3 Å². The van der Waals surface area contributed by atoms with Crippen LogP contribution in [-0.4, -0.2) is 22.4 Å². The van der Waals surface area contributed by atoms with Crippen molar-refractivity contribution >= 4 is 22.5 Å². The SMILES string of the molecule is O=C(Cc1ccccc1[N+](=O)[O-])NCCc1c[nH]c2ccccc12. The molecule has 6 nitrogen and oxygen atoms in total. The van der Waals surface area contributed by atoms with Gasteiger partial charge in [-0.15, -0.1) is 0 Å². The molecule has 0 unspecified atom stereocenters. The van der Waals surface area contributed by atoms with E-state index >= 15 is 0 Å². The Hall–Kier alpha value is -3.15. The van der Waals surface area contributed by atoms with E-state index in [1.807, 2.05) is 30.5 Å². The molecule has 0 atom stereocenters. The molecule has 6 heteroatoms. The van der Waals surface area contributed by atoms with E-state index in [0.29, 0.717) is 18.5 Å². The summed E-state index contributed by atoms with van der Waals surface area (Å²) in [7, 11) is 0. The summed E-state index contributed by atoms with van der Waals surface area (Å²) in [5, 5.41) is 14.9. The van der Waals surface area contributed by atoms with E-state index in [0.717, 1.165) is 16.5 Å². The number of nitro benzene ring substituents is 1. The Balaban J connectivity index is 1.58. The monoisotopic (exact) mass is 323 g/mol. The molecule has 1 amide bonds. The minimum absolute atomic E-state index is 0.00500. The number of carbonyl (C=O) groups excluding carboxylic acids is 1. The number of H-pyrrole nitrogens is 1. The summed E-state index contributed by atoms with van der Waals surface area (Å²) >= 11 is 0. The van der Waals surface area contributed by atoms with Crippen LogP contribution in [0.3, 0.4) is 0 Å². The van der Waals surface area contributed by atoms with Crippen molar-refractivity contribution in [1.82, 2.24) is 10.3 Å². The zero-order valence-electron chi connectivity index (χ0n) is 13.0. The molecule has 0 aliphatic heterocycles. The van der Waals surface area contributed by atoms with Crippen molar-refractivity contribution in [2.45, 2.75) is 12.8 Å². The standard InChI is InChI=1S/C18H17N3O3/c22-18(11-13-5-1-4-8-17(13)21(23)24)19-10-9-14-12-20-16-7-3-2-6-15(14)16/h1-8,12,20H,9-11H2,(H,19,22). The van der Waals surface area contributed by atoms with Crippen molar-refractivity contribution in [3.8, 4) is 0 Å². The number of carbonyl (C=O) groups is 1. The van der Waals surface area contributed by atoms with Gasteiger partial charge in [0.1, 0.15) is 0 Å². The number of rotatable bonds is 6. The highest BCUT2D eigenvalue weighted by Gasteiger charge is 2.15. The molecule has 2 aromatic carbocycles. The fourth-order valence-corrected chi connectivity index (χ4v) is 2.75. The van der Waals surface area contributed by atoms with E-state index in [1.54, 1.807) is 18.2 Å². The van der Waals surface area contributed by atoms with Crippen molar-refractivity contribution in [3.05, 3.63) is 76.0 Å². The molecule has 0 radical (unpaired) electrons. The molecule has 3 aromatic rings. The third kappa shape index (κ3) is 3.43. The Morgan fingerprint density at radius 2 is 1.83 bits per heavy atom. The Bertz CT molecular complexity index is 886. The van der Waals surface area contributed by atoms with Crippen LogP contribution in [0.15, 0.2) is 54.7 Å². The quantitative estimate of drug-likeness (QED) is 0.540. The van der Waals surface area contributed by atoms with Crippen LogP contribution in [0.5, 0.6) is 0 Å². The number of benzene rings is 2. The lowest BCUT2D eigenvalue weighted by Gasteiger charge is -2.05. The number of aromatic amines is 1. The average Bonchev–Trinajstić information content (AvgIpc) is 2.98. The first-order valence-corrected chi connectivity index (χ1v) is 7.69. The Morgan fingerprint density at radius 1 is 1.08 bits per heavy atom. The maximum atomic E-state index is 12.0. The molecule has 2 N–H and O–H groups in total. The van der Waals surface area contributed by atoms with Gasteiger partial charge in [-0.3, -0.25) is 14.9 Å². The number of hydrogen-bond acceptors (Lipinski definition) is 3. The first kappa shape index (κ1) is 15.7. The Kier molecular flexibility index (Phi) is 4.56. The lowest BCUT2D eigenvalue weighted by Crippen LogP contribution is -2.27. The summed E-state index contributed by atoms with van der Waals surface area (Å²) in [6, 6.07) is 14.3. The van der Waals surface area contributed by atoms with Crippen molar-refractivity contribution in [1.29, 1.82) is 0 Å². The van der Waals surface area contributed by atoms with Crippen LogP contribution in [0.4, 0.5) is 5.69 Å². The van der Waals surface area contributed by atoms with Crippen LogP contribution in [0.2, 0.25) is 0 Å². The highest BCUT2D eigenvalue weighted by molar-refractivity contribution is 5.83. The van der Waals surface area contributed by atoms with Crippen molar-refractivity contribution < 1.29 is 9.72 Å². The molecule has 1 aromatic heterocycles. The average molecular weight is 323 g/mol. The molecular formula is C18H17N3O3. The number of para-hydroxylation sites is 2. The van der Waals surface area contributed by atoms with Crippen LogP contribution < -0.4 is 5.32 Å². The minimum Gasteiger partial charge on any atom is -0.361 e. The van der Waals surface area contributed by atoms with E-state index in [-0.39, 0.29) is 18.0 Å². The second kappa shape index (κ2) is 6.95. The number of fused-ring (bicyclic) bond motifs is 1. The molecule has 0 aliphatic carbocycles. The zero-order valence-corrected chi connectivity index (χ0v) is 13.0. The van der Waals surface area contributed by atoms with Crippen molar-refractivity contribution in [3.63, 3.8) is 0 Å². The van der Waals surface area contributed by atoms with Gasteiger partial charge in [-0.1, -0.05) is 36.4 Å². The Morgan fingerprint density at radius 3 is 2.67 bits per heavy atom. The van der Waals surface area contributed by atoms with Crippen LogP contribution in [0, 0.1) is 10.1 Å². The van der Waals surface area contributed by atoms with Gasteiger partial charge in [-0.2, -0.15) is 0 Å². The normalized spacial score (nSPS) is 10.7. The third-order valence-electron chi connectivity index (χ3n) is 3.93. The summed E-state index contributed by atoms with van der Waals surface area (Å²) in [6.45, 7) is 0.487. The molecule has 0 saturated carbocycles. The first-order chi connectivity index (χ1) is 11.6. The molecule has 3 rings (SSSR count).